The van der Waals surface area contributed by atoms with Crippen LogP contribution < -0.4 is 4.90 Å². The van der Waals surface area contributed by atoms with Gasteiger partial charge in [-0.3, -0.25) is 4.68 Å². The number of alkyl halides is 3. The van der Waals surface area contributed by atoms with Gasteiger partial charge < -0.3 is 4.90 Å². The molecule has 0 saturated carbocycles. The van der Waals surface area contributed by atoms with Crippen LogP contribution in [0.4, 0.5) is 19.1 Å². The standard InChI is InChI=1S/C15H18F3N5/c1-10-12(9-22(2)21-10)13-5-6-19-14(20-13)23-7-3-4-11(8-23)15(16,17)18/h5-6,9,11H,3-4,7-8H2,1-2H3/t11-/m0/s1. The smallest absolute Gasteiger partial charge is 0.340 e. The van der Waals surface area contributed by atoms with E-state index in [0.29, 0.717) is 24.6 Å². The number of anilines is 1. The summed E-state index contributed by atoms with van der Waals surface area (Å²) in [6, 6.07) is 1.75. The van der Waals surface area contributed by atoms with Crippen LogP contribution in [0.3, 0.4) is 0 Å². The zero-order valence-corrected chi connectivity index (χ0v) is 13.0. The number of piperidine rings is 1. The lowest BCUT2D eigenvalue weighted by Gasteiger charge is -2.33. The van der Waals surface area contributed by atoms with Gasteiger partial charge >= 0.3 is 6.18 Å². The number of aromatic nitrogens is 4. The molecule has 0 aromatic carbocycles. The summed E-state index contributed by atoms with van der Waals surface area (Å²) in [6.07, 6.45) is -0.0845. The molecule has 0 unspecified atom stereocenters. The molecule has 1 aliphatic heterocycles. The van der Waals surface area contributed by atoms with E-state index in [9.17, 15) is 13.2 Å². The monoisotopic (exact) mass is 325 g/mol. The largest absolute Gasteiger partial charge is 0.393 e. The molecule has 8 heteroatoms. The minimum atomic E-state index is -4.17. The summed E-state index contributed by atoms with van der Waals surface area (Å²) in [4.78, 5) is 10.2. The average molecular weight is 325 g/mol. The van der Waals surface area contributed by atoms with E-state index in [0.717, 1.165) is 11.3 Å². The average Bonchev–Trinajstić information content (AvgIpc) is 2.85. The van der Waals surface area contributed by atoms with Gasteiger partial charge in [-0.05, 0) is 25.8 Å². The lowest BCUT2D eigenvalue weighted by molar-refractivity contribution is -0.176. The second kappa shape index (κ2) is 5.82. The molecule has 124 valence electrons. The Kier molecular flexibility index (Phi) is 3.99. The molecule has 23 heavy (non-hydrogen) atoms. The molecule has 0 bridgehead atoms. The summed E-state index contributed by atoms with van der Waals surface area (Å²) in [6.45, 7) is 2.33. The third kappa shape index (κ3) is 3.30. The van der Waals surface area contributed by atoms with Gasteiger partial charge in [-0.1, -0.05) is 0 Å². The van der Waals surface area contributed by atoms with Crippen LogP contribution in [0.25, 0.3) is 11.3 Å². The highest BCUT2D eigenvalue weighted by Gasteiger charge is 2.42. The van der Waals surface area contributed by atoms with Crippen molar-refractivity contribution in [3.05, 3.63) is 24.2 Å². The van der Waals surface area contributed by atoms with Gasteiger partial charge in [-0.25, -0.2) is 9.97 Å². The molecule has 0 aliphatic carbocycles. The topological polar surface area (TPSA) is 46.8 Å². The molecule has 2 aromatic rings. The Morgan fingerprint density at radius 3 is 2.74 bits per heavy atom. The Labute approximate surface area is 132 Å². The number of hydrogen-bond acceptors (Lipinski definition) is 4. The molecular weight excluding hydrogens is 307 g/mol. The Bertz CT molecular complexity index is 695. The van der Waals surface area contributed by atoms with E-state index in [1.807, 2.05) is 20.2 Å². The Balaban J connectivity index is 1.86. The lowest BCUT2D eigenvalue weighted by Crippen LogP contribution is -2.42. The highest BCUT2D eigenvalue weighted by molar-refractivity contribution is 5.61. The van der Waals surface area contributed by atoms with Gasteiger partial charge in [0, 0.05) is 38.1 Å². The molecule has 5 nitrogen and oxygen atoms in total. The first kappa shape index (κ1) is 15.8. The maximum atomic E-state index is 13.0. The van der Waals surface area contributed by atoms with Gasteiger partial charge in [0.05, 0.1) is 17.3 Å². The first-order valence-electron chi connectivity index (χ1n) is 7.50. The van der Waals surface area contributed by atoms with E-state index >= 15 is 0 Å². The first-order chi connectivity index (χ1) is 10.8. The van der Waals surface area contributed by atoms with E-state index in [1.54, 1.807) is 21.8 Å². The van der Waals surface area contributed by atoms with Crippen LogP contribution in [-0.4, -0.2) is 39.0 Å². The third-order valence-corrected chi connectivity index (χ3v) is 4.10. The summed E-state index contributed by atoms with van der Waals surface area (Å²) < 4.78 is 40.5. The van der Waals surface area contributed by atoms with Gasteiger partial charge in [0.25, 0.3) is 0 Å². The maximum Gasteiger partial charge on any atom is 0.393 e. The molecular formula is C15H18F3N5. The van der Waals surface area contributed by atoms with Crippen LogP contribution in [0, 0.1) is 12.8 Å². The van der Waals surface area contributed by atoms with Crippen LogP contribution >= 0.6 is 0 Å². The quantitative estimate of drug-likeness (QED) is 0.852. The molecule has 3 rings (SSSR count). The molecule has 0 radical (unpaired) electrons. The second-order valence-corrected chi connectivity index (χ2v) is 5.87. The van der Waals surface area contributed by atoms with Crippen molar-refractivity contribution >= 4 is 5.95 Å². The fourth-order valence-electron chi connectivity index (χ4n) is 2.93. The third-order valence-electron chi connectivity index (χ3n) is 4.10. The van der Waals surface area contributed by atoms with Crippen LogP contribution in [0.2, 0.25) is 0 Å². The zero-order chi connectivity index (χ0) is 16.6. The predicted octanol–water partition coefficient (Wildman–Crippen LogP) is 2.96. The van der Waals surface area contributed by atoms with E-state index in [2.05, 4.69) is 15.1 Å². The highest BCUT2D eigenvalue weighted by atomic mass is 19.4. The fourth-order valence-corrected chi connectivity index (χ4v) is 2.93. The SMILES string of the molecule is Cc1nn(C)cc1-c1ccnc(N2CCC[C@H](C(F)(F)F)C2)n1. The molecule has 2 aromatic heterocycles. The number of rotatable bonds is 2. The second-order valence-electron chi connectivity index (χ2n) is 5.87. The summed E-state index contributed by atoms with van der Waals surface area (Å²) in [5.74, 6) is -0.969. The number of halogens is 3. The Morgan fingerprint density at radius 1 is 1.30 bits per heavy atom. The van der Waals surface area contributed by atoms with Crippen LogP contribution in [0.5, 0.6) is 0 Å². The van der Waals surface area contributed by atoms with E-state index in [1.165, 1.54) is 0 Å². The fraction of sp³-hybridized carbons (Fsp3) is 0.533. The number of hydrogen-bond donors (Lipinski definition) is 0. The van der Waals surface area contributed by atoms with Crippen molar-refractivity contribution in [2.75, 3.05) is 18.0 Å². The molecule has 1 atom stereocenters. The van der Waals surface area contributed by atoms with Gasteiger partial charge in [0.15, 0.2) is 0 Å². The van der Waals surface area contributed by atoms with Crippen molar-refractivity contribution < 1.29 is 13.2 Å². The molecule has 1 saturated heterocycles. The van der Waals surface area contributed by atoms with Gasteiger partial charge in [-0.15, -0.1) is 0 Å². The van der Waals surface area contributed by atoms with Crippen molar-refractivity contribution in [3.63, 3.8) is 0 Å². The van der Waals surface area contributed by atoms with Crippen molar-refractivity contribution in [1.82, 2.24) is 19.7 Å². The van der Waals surface area contributed by atoms with E-state index in [-0.39, 0.29) is 13.0 Å². The minimum Gasteiger partial charge on any atom is -0.340 e. The molecule has 1 aliphatic rings. The van der Waals surface area contributed by atoms with Crippen molar-refractivity contribution in [1.29, 1.82) is 0 Å². The van der Waals surface area contributed by atoms with Crippen molar-refractivity contribution in [2.24, 2.45) is 13.0 Å². The molecule has 3 heterocycles. The van der Waals surface area contributed by atoms with Crippen LogP contribution in [-0.2, 0) is 7.05 Å². The van der Waals surface area contributed by atoms with Crippen LogP contribution in [0.15, 0.2) is 18.5 Å². The van der Waals surface area contributed by atoms with Gasteiger partial charge in [-0.2, -0.15) is 18.3 Å². The zero-order valence-electron chi connectivity index (χ0n) is 13.0. The number of aryl methyl sites for hydroxylation is 2. The Hall–Kier alpha value is -2.12. The highest BCUT2D eigenvalue weighted by Crippen LogP contribution is 2.34. The summed E-state index contributed by atoms with van der Waals surface area (Å²) in [5.41, 5.74) is 2.36. The van der Waals surface area contributed by atoms with Gasteiger partial charge in [0.1, 0.15) is 0 Å². The minimum absolute atomic E-state index is 0.0844. The first-order valence-corrected chi connectivity index (χ1v) is 7.50. The number of nitrogens with zero attached hydrogens (tertiary/aromatic N) is 5. The van der Waals surface area contributed by atoms with E-state index in [4.69, 9.17) is 0 Å². The van der Waals surface area contributed by atoms with Crippen LogP contribution in [0.1, 0.15) is 18.5 Å². The summed E-state index contributed by atoms with van der Waals surface area (Å²) in [7, 11) is 1.82. The predicted molar refractivity (Wildman–Crippen MR) is 80.0 cm³/mol. The lowest BCUT2D eigenvalue weighted by atomic mass is 9.98. The summed E-state index contributed by atoms with van der Waals surface area (Å²) >= 11 is 0. The van der Waals surface area contributed by atoms with Gasteiger partial charge in [0.2, 0.25) is 5.95 Å². The molecule has 0 spiro atoms. The normalized spacial score (nSPS) is 19.2. The Morgan fingerprint density at radius 2 is 2.09 bits per heavy atom. The van der Waals surface area contributed by atoms with E-state index < -0.39 is 12.1 Å². The molecule has 0 amide bonds. The van der Waals surface area contributed by atoms with Crippen molar-refractivity contribution in [3.8, 4) is 11.3 Å². The van der Waals surface area contributed by atoms with Crippen molar-refractivity contribution in [2.45, 2.75) is 25.9 Å². The molecule has 1 fully saturated rings. The molecule has 0 N–H and O–H groups in total. The summed E-state index contributed by atoms with van der Waals surface area (Å²) in [5, 5.41) is 4.27. The maximum absolute atomic E-state index is 13.0.